The van der Waals surface area contributed by atoms with E-state index in [1.165, 1.54) is 5.56 Å². The third-order valence-corrected chi connectivity index (χ3v) is 5.49. The first-order valence-corrected chi connectivity index (χ1v) is 10.2. The minimum Gasteiger partial charge on any atom is -0.450 e. The molecule has 7 heteroatoms. The van der Waals surface area contributed by atoms with Crippen LogP contribution in [-0.4, -0.2) is 61.2 Å². The number of ether oxygens (including phenoxy) is 1. The van der Waals surface area contributed by atoms with Gasteiger partial charge in [0.25, 0.3) is 5.91 Å². The molecular weight excluding hydrogens is 368 g/mol. The van der Waals surface area contributed by atoms with Crippen molar-refractivity contribution in [3.05, 3.63) is 53.9 Å². The summed E-state index contributed by atoms with van der Waals surface area (Å²) in [6.07, 6.45) is 3.46. The van der Waals surface area contributed by atoms with Crippen LogP contribution in [0.15, 0.2) is 42.6 Å². The fraction of sp³-hybridized carbons (Fsp3) is 0.409. The zero-order chi connectivity index (χ0) is 20.2. The Morgan fingerprint density at radius 1 is 1.03 bits per heavy atom. The summed E-state index contributed by atoms with van der Waals surface area (Å²) in [7, 11) is 0. The molecule has 0 N–H and O–H groups in total. The quantitative estimate of drug-likeness (QED) is 0.801. The van der Waals surface area contributed by atoms with Crippen LogP contribution in [0.2, 0.25) is 0 Å². The van der Waals surface area contributed by atoms with Crippen molar-refractivity contribution in [3.63, 3.8) is 0 Å². The summed E-state index contributed by atoms with van der Waals surface area (Å²) >= 11 is 0. The molecule has 1 fully saturated rings. The van der Waals surface area contributed by atoms with Gasteiger partial charge in [0, 0.05) is 38.4 Å². The smallest absolute Gasteiger partial charge is 0.409 e. The van der Waals surface area contributed by atoms with Gasteiger partial charge in [-0.25, -0.2) is 9.78 Å². The molecule has 0 atom stereocenters. The molecule has 0 aliphatic carbocycles. The van der Waals surface area contributed by atoms with Gasteiger partial charge in [-0.1, -0.05) is 18.2 Å². The third-order valence-electron chi connectivity index (χ3n) is 5.49. The molecule has 1 aromatic heterocycles. The van der Waals surface area contributed by atoms with Crippen molar-refractivity contribution in [2.45, 2.75) is 19.8 Å². The highest BCUT2D eigenvalue weighted by molar-refractivity contribution is 6.05. The van der Waals surface area contributed by atoms with E-state index in [1.807, 2.05) is 36.1 Å². The number of anilines is 2. The Hall–Kier alpha value is -3.09. The summed E-state index contributed by atoms with van der Waals surface area (Å²) < 4.78 is 5.06. The lowest BCUT2D eigenvalue weighted by molar-refractivity contribution is 0.0979. The van der Waals surface area contributed by atoms with E-state index in [-0.39, 0.29) is 12.0 Å². The Bertz CT molecular complexity index is 876. The fourth-order valence-corrected chi connectivity index (χ4v) is 3.94. The first kappa shape index (κ1) is 19.2. The zero-order valence-electron chi connectivity index (χ0n) is 16.7. The Kier molecular flexibility index (Phi) is 5.64. The molecule has 3 heterocycles. The molecule has 0 saturated carbocycles. The van der Waals surface area contributed by atoms with Crippen LogP contribution in [0, 0.1) is 0 Å². The Morgan fingerprint density at radius 2 is 1.83 bits per heavy atom. The number of benzene rings is 1. The van der Waals surface area contributed by atoms with Crippen LogP contribution in [0.25, 0.3) is 0 Å². The minimum atomic E-state index is -0.256. The summed E-state index contributed by atoms with van der Waals surface area (Å²) in [4.78, 5) is 35.0. The molecule has 2 aliphatic rings. The van der Waals surface area contributed by atoms with E-state index in [0.29, 0.717) is 38.5 Å². The van der Waals surface area contributed by atoms with E-state index >= 15 is 0 Å². The van der Waals surface area contributed by atoms with Crippen molar-refractivity contribution in [1.29, 1.82) is 0 Å². The lowest BCUT2D eigenvalue weighted by Gasteiger charge is -2.35. The van der Waals surface area contributed by atoms with Crippen molar-refractivity contribution in [1.82, 2.24) is 9.88 Å². The van der Waals surface area contributed by atoms with Gasteiger partial charge in [0.05, 0.1) is 18.5 Å². The number of hydrogen-bond acceptors (Lipinski definition) is 5. The molecule has 1 aromatic carbocycles. The van der Waals surface area contributed by atoms with E-state index in [0.717, 1.165) is 30.8 Å². The second-order valence-corrected chi connectivity index (χ2v) is 7.26. The fourth-order valence-electron chi connectivity index (χ4n) is 3.94. The number of para-hydroxylation sites is 1. The van der Waals surface area contributed by atoms with Crippen LogP contribution in [0.3, 0.4) is 0 Å². The number of carbonyl (C=O) groups is 2. The Morgan fingerprint density at radius 3 is 2.55 bits per heavy atom. The molecule has 2 aromatic rings. The maximum Gasteiger partial charge on any atom is 0.409 e. The van der Waals surface area contributed by atoms with E-state index in [4.69, 9.17) is 4.74 Å². The number of rotatable bonds is 3. The predicted octanol–water partition coefficient (Wildman–Crippen LogP) is 2.95. The average molecular weight is 394 g/mol. The van der Waals surface area contributed by atoms with Gasteiger partial charge in [0.15, 0.2) is 0 Å². The SMILES string of the molecule is CCOC(=O)N1CCN(c2ccc(C(=O)N3CCCc4ccccc43)nc2)CC1. The summed E-state index contributed by atoms with van der Waals surface area (Å²) in [5.41, 5.74) is 3.62. The molecule has 1 saturated heterocycles. The summed E-state index contributed by atoms with van der Waals surface area (Å²) in [6, 6.07) is 11.8. The molecule has 4 rings (SSSR count). The maximum absolute atomic E-state index is 13.0. The molecule has 0 radical (unpaired) electrons. The third kappa shape index (κ3) is 4.04. The number of aryl methyl sites for hydroxylation is 1. The molecule has 29 heavy (non-hydrogen) atoms. The van der Waals surface area contributed by atoms with Crippen LogP contribution < -0.4 is 9.80 Å². The molecule has 0 unspecified atom stereocenters. The van der Waals surface area contributed by atoms with E-state index in [2.05, 4.69) is 16.0 Å². The second-order valence-electron chi connectivity index (χ2n) is 7.26. The first-order valence-electron chi connectivity index (χ1n) is 10.2. The van der Waals surface area contributed by atoms with E-state index in [1.54, 1.807) is 17.2 Å². The van der Waals surface area contributed by atoms with Crippen molar-refractivity contribution >= 4 is 23.4 Å². The number of piperazine rings is 1. The summed E-state index contributed by atoms with van der Waals surface area (Å²) in [5, 5.41) is 0. The molecule has 0 bridgehead atoms. The first-order chi connectivity index (χ1) is 14.2. The standard InChI is InChI=1S/C22H26N4O3/c1-2-29-22(28)25-14-12-24(13-15-25)18-9-10-19(23-16-18)21(27)26-11-5-7-17-6-3-4-8-20(17)26/h3-4,6,8-10,16H,2,5,7,11-15H2,1H3. The number of fused-ring (bicyclic) bond motifs is 1. The van der Waals surface area contributed by atoms with Gasteiger partial charge in [0.1, 0.15) is 5.69 Å². The molecule has 2 aliphatic heterocycles. The van der Waals surface area contributed by atoms with Gasteiger partial charge in [-0.05, 0) is 43.5 Å². The van der Waals surface area contributed by atoms with Gasteiger partial charge in [0.2, 0.25) is 0 Å². The molecule has 0 spiro atoms. The van der Waals surface area contributed by atoms with Crippen molar-refractivity contribution in [2.75, 3.05) is 49.1 Å². The topological polar surface area (TPSA) is 66.0 Å². The van der Waals surface area contributed by atoms with Gasteiger partial charge in [-0.15, -0.1) is 0 Å². The van der Waals surface area contributed by atoms with Gasteiger partial charge < -0.3 is 19.4 Å². The number of hydrogen-bond donors (Lipinski definition) is 0. The highest BCUT2D eigenvalue weighted by Crippen LogP contribution is 2.28. The Labute approximate surface area is 170 Å². The van der Waals surface area contributed by atoms with Gasteiger partial charge in [-0.3, -0.25) is 4.79 Å². The van der Waals surface area contributed by atoms with Crippen LogP contribution in [0.4, 0.5) is 16.2 Å². The average Bonchev–Trinajstić information content (AvgIpc) is 2.78. The van der Waals surface area contributed by atoms with E-state index < -0.39 is 0 Å². The predicted molar refractivity (Wildman–Crippen MR) is 111 cm³/mol. The maximum atomic E-state index is 13.0. The molecule has 2 amide bonds. The van der Waals surface area contributed by atoms with Crippen LogP contribution in [0.5, 0.6) is 0 Å². The summed E-state index contributed by atoms with van der Waals surface area (Å²) in [5.74, 6) is -0.0594. The van der Waals surface area contributed by atoms with Gasteiger partial charge >= 0.3 is 6.09 Å². The number of pyridine rings is 1. The van der Waals surface area contributed by atoms with Gasteiger partial charge in [-0.2, -0.15) is 0 Å². The molecular formula is C22H26N4O3. The summed E-state index contributed by atoms with van der Waals surface area (Å²) in [6.45, 7) is 5.58. The van der Waals surface area contributed by atoms with Crippen molar-refractivity contribution in [3.8, 4) is 0 Å². The Balaban J connectivity index is 1.41. The molecule has 152 valence electrons. The normalized spacial score (nSPS) is 16.4. The van der Waals surface area contributed by atoms with Crippen LogP contribution in [0.1, 0.15) is 29.4 Å². The molecule has 7 nitrogen and oxygen atoms in total. The lowest BCUT2D eigenvalue weighted by atomic mass is 10.0. The van der Waals surface area contributed by atoms with Crippen molar-refractivity contribution < 1.29 is 14.3 Å². The number of amides is 2. The van der Waals surface area contributed by atoms with E-state index in [9.17, 15) is 9.59 Å². The monoisotopic (exact) mass is 394 g/mol. The lowest BCUT2D eigenvalue weighted by Crippen LogP contribution is -2.49. The zero-order valence-corrected chi connectivity index (χ0v) is 16.7. The highest BCUT2D eigenvalue weighted by atomic mass is 16.6. The number of aromatic nitrogens is 1. The minimum absolute atomic E-state index is 0.0594. The van der Waals surface area contributed by atoms with Crippen LogP contribution >= 0.6 is 0 Å². The largest absolute Gasteiger partial charge is 0.450 e. The number of carbonyl (C=O) groups excluding carboxylic acids is 2. The number of nitrogens with zero attached hydrogens (tertiary/aromatic N) is 4. The van der Waals surface area contributed by atoms with Crippen LogP contribution in [-0.2, 0) is 11.2 Å². The second kappa shape index (κ2) is 8.51. The highest BCUT2D eigenvalue weighted by Gasteiger charge is 2.25. The van der Waals surface area contributed by atoms with Crippen molar-refractivity contribution in [2.24, 2.45) is 0 Å².